The van der Waals surface area contributed by atoms with Gasteiger partial charge in [-0.15, -0.1) is 11.8 Å². The minimum Gasteiger partial charge on any atom is -0.496 e. The first-order chi connectivity index (χ1) is 7.22. The average Bonchev–Trinajstić information content (AvgIpc) is 2.61. The summed E-state index contributed by atoms with van der Waals surface area (Å²) in [6, 6.07) is 6.15. The highest BCUT2D eigenvalue weighted by Gasteiger charge is 2.27. The summed E-state index contributed by atoms with van der Waals surface area (Å²) in [5, 5.41) is 9.45. The monoisotopic (exact) mass is 224 g/mol. The van der Waals surface area contributed by atoms with E-state index < -0.39 is 0 Å². The normalized spacial score (nSPS) is 21.1. The Labute approximate surface area is 94.6 Å². The Hall–Kier alpha value is -0.670. The van der Waals surface area contributed by atoms with Gasteiger partial charge in [0.1, 0.15) is 5.75 Å². The van der Waals surface area contributed by atoms with Gasteiger partial charge in [0.25, 0.3) is 0 Å². The molecule has 2 atom stereocenters. The number of thioether (sulfide) groups is 1. The van der Waals surface area contributed by atoms with Crippen molar-refractivity contribution in [3.63, 3.8) is 0 Å². The van der Waals surface area contributed by atoms with Gasteiger partial charge < -0.3 is 9.84 Å². The van der Waals surface area contributed by atoms with E-state index in [-0.39, 0.29) is 6.10 Å². The second-order valence-corrected chi connectivity index (χ2v) is 5.03. The summed E-state index contributed by atoms with van der Waals surface area (Å²) in [4.78, 5) is 1.31. The van der Waals surface area contributed by atoms with Gasteiger partial charge in [0.05, 0.1) is 13.2 Å². The molecule has 0 saturated carbocycles. The molecule has 1 aliphatic heterocycles. The Morgan fingerprint density at radius 1 is 1.60 bits per heavy atom. The zero-order chi connectivity index (χ0) is 10.8. The molecule has 1 heterocycles. The molecule has 0 saturated heterocycles. The minimum atomic E-state index is -0.244. The molecular weight excluding hydrogens is 208 g/mol. The summed E-state index contributed by atoms with van der Waals surface area (Å²) in [5.41, 5.74) is 1.28. The number of benzene rings is 1. The molecular formula is C12H16O2S. The van der Waals surface area contributed by atoms with E-state index in [2.05, 4.69) is 6.07 Å². The molecule has 2 rings (SSSR count). The van der Waals surface area contributed by atoms with E-state index in [1.165, 1.54) is 10.5 Å². The van der Waals surface area contributed by atoms with Crippen molar-refractivity contribution in [2.45, 2.75) is 30.3 Å². The molecule has 1 N–H and O–H groups in total. The van der Waals surface area contributed by atoms with Crippen molar-refractivity contribution >= 4 is 11.8 Å². The van der Waals surface area contributed by atoms with Crippen LogP contribution in [0.3, 0.4) is 0 Å². The van der Waals surface area contributed by atoms with Crippen LogP contribution in [0.25, 0.3) is 0 Å². The third kappa shape index (κ3) is 2.13. The third-order valence-electron chi connectivity index (χ3n) is 2.72. The van der Waals surface area contributed by atoms with E-state index >= 15 is 0 Å². The van der Waals surface area contributed by atoms with Gasteiger partial charge in [-0.25, -0.2) is 0 Å². The fourth-order valence-electron chi connectivity index (χ4n) is 2.10. The summed E-state index contributed by atoms with van der Waals surface area (Å²) >= 11 is 1.86. The zero-order valence-electron chi connectivity index (χ0n) is 9.06. The van der Waals surface area contributed by atoms with Crippen LogP contribution in [0.2, 0.25) is 0 Å². The van der Waals surface area contributed by atoms with Crippen LogP contribution in [0.1, 0.15) is 24.8 Å². The Morgan fingerprint density at radius 3 is 3.07 bits per heavy atom. The van der Waals surface area contributed by atoms with Gasteiger partial charge in [-0.2, -0.15) is 0 Å². The highest BCUT2D eigenvalue weighted by atomic mass is 32.2. The van der Waals surface area contributed by atoms with Crippen molar-refractivity contribution in [3.05, 3.63) is 23.8 Å². The Balaban J connectivity index is 2.31. The number of rotatable bonds is 3. The lowest BCUT2D eigenvalue weighted by atomic mass is 9.95. The van der Waals surface area contributed by atoms with Crippen LogP contribution in [0.5, 0.6) is 5.75 Å². The summed E-state index contributed by atoms with van der Waals surface area (Å²) in [6.45, 7) is 1.85. The molecule has 2 nitrogen and oxygen atoms in total. The quantitative estimate of drug-likeness (QED) is 0.856. The molecule has 1 aromatic carbocycles. The lowest BCUT2D eigenvalue weighted by Crippen LogP contribution is -2.09. The van der Waals surface area contributed by atoms with Crippen LogP contribution >= 0.6 is 11.8 Å². The van der Waals surface area contributed by atoms with Gasteiger partial charge in [0.2, 0.25) is 0 Å². The fraction of sp³-hybridized carbons (Fsp3) is 0.500. The average molecular weight is 224 g/mol. The number of aliphatic hydroxyl groups excluding tert-OH is 1. The van der Waals surface area contributed by atoms with Crippen LogP contribution in [-0.4, -0.2) is 24.1 Å². The van der Waals surface area contributed by atoms with Gasteiger partial charge in [-0.05, 0) is 25.5 Å². The first kappa shape index (κ1) is 10.8. The predicted octanol–water partition coefficient (Wildman–Crippen LogP) is 2.66. The molecule has 3 heteroatoms. The number of hydrogen-bond acceptors (Lipinski definition) is 3. The van der Waals surface area contributed by atoms with E-state index in [4.69, 9.17) is 4.74 Å². The summed E-state index contributed by atoms with van der Waals surface area (Å²) in [6.07, 6.45) is 0.576. The molecule has 1 aliphatic rings. The molecule has 0 spiro atoms. The first-order valence-corrected chi connectivity index (χ1v) is 6.18. The van der Waals surface area contributed by atoms with Crippen molar-refractivity contribution in [2.75, 3.05) is 12.9 Å². The van der Waals surface area contributed by atoms with Gasteiger partial charge in [0, 0.05) is 22.1 Å². The Bertz CT molecular complexity index is 349. The van der Waals surface area contributed by atoms with E-state index in [0.29, 0.717) is 5.92 Å². The zero-order valence-corrected chi connectivity index (χ0v) is 9.88. The van der Waals surface area contributed by atoms with Crippen molar-refractivity contribution in [1.29, 1.82) is 0 Å². The second-order valence-electron chi connectivity index (χ2n) is 3.96. The number of hydrogen-bond donors (Lipinski definition) is 1. The number of methoxy groups -OCH3 is 1. The molecule has 15 heavy (non-hydrogen) atoms. The summed E-state index contributed by atoms with van der Waals surface area (Å²) < 4.78 is 5.37. The lowest BCUT2D eigenvalue weighted by molar-refractivity contribution is 0.177. The minimum absolute atomic E-state index is 0.244. The SMILES string of the molecule is COc1cccc2c1C(CC(C)O)CS2. The second kappa shape index (κ2) is 4.45. The smallest absolute Gasteiger partial charge is 0.123 e. The van der Waals surface area contributed by atoms with Crippen LogP contribution in [0, 0.1) is 0 Å². The van der Waals surface area contributed by atoms with Crippen LogP contribution in [0.4, 0.5) is 0 Å². The lowest BCUT2D eigenvalue weighted by Gasteiger charge is -2.15. The van der Waals surface area contributed by atoms with Crippen molar-refractivity contribution in [1.82, 2.24) is 0 Å². The maximum atomic E-state index is 9.45. The van der Waals surface area contributed by atoms with Crippen molar-refractivity contribution in [2.24, 2.45) is 0 Å². The number of aliphatic hydroxyl groups is 1. The molecule has 2 unspecified atom stereocenters. The van der Waals surface area contributed by atoms with Crippen molar-refractivity contribution in [3.8, 4) is 5.75 Å². The van der Waals surface area contributed by atoms with Crippen LogP contribution < -0.4 is 4.74 Å². The fourth-order valence-corrected chi connectivity index (χ4v) is 3.38. The largest absolute Gasteiger partial charge is 0.496 e. The van der Waals surface area contributed by atoms with E-state index in [9.17, 15) is 5.11 Å². The molecule has 0 aliphatic carbocycles. The molecule has 0 amide bonds. The van der Waals surface area contributed by atoms with Gasteiger partial charge in [-0.1, -0.05) is 6.07 Å². The Morgan fingerprint density at radius 2 is 2.40 bits per heavy atom. The van der Waals surface area contributed by atoms with E-state index in [0.717, 1.165) is 17.9 Å². The maximum Gasteiger partial charge on any atom is 0.123 e. The van der Waals surface area contributed by atoms with Crippen LogP contribution in [0.15, 0.2) is 23.1 Å². The molecule has 1 aromatic rings. The molecule has 0 fully saturated rings. The van der Waals surface area contributed by atoms with Gasteiger partial charge in [0.15, 0.2) is 0 Å². The Kier molecular flexibility index (Phi) is 3.22. The number of ether oxygens (including phenoxy) is 1. The highest BCUT2D eigenvalue weighted by Crippen LogP contribution is 2.46. The van der Waals surface area contributed by atoms with Gasteiger partial charge >= 0.3 is 0 Å². The third-order valence-corrected chi connectivity index (χ3v) is 3.96. The standard InChI is InChI=1S/C12H16O2S/c1-8(13)6-9-7-15-11-5-3-4-10(14-2)12(9)11/h3-5,8-9,13H,6-7H2,1-2H3. The molecule has 82 valence electrons. The van der Waals surface area contributed by atoms with Crippen LogP contribution in [-0.2, 0) is 0 Å². The van der Waals surface area contributed by atoms with Crippen molar-refractivity contribution < 1.29 is 9.84 Å². The molecule has 0 bridgehead atoms. The van der Waals surface area contributed by atoms with E-state index in [1.807, 2.05) is 30.8 Å². The van der Waals surface area contributed by atoms with E-state index in [1.54, 1.807) is 7.11 Å². The maximum absolute atomic E-state index is 9.45. The number of fused-ring (bicyclic) bond motifs is 1. The van der Waals surface area contributed by atoms with Gasteiger partial charge in [-0.3, -0.25) is 0 Å². The topological polar surface area (TPSA) is 29.5 Å². The molecule has 0 radical (unpaired) electrons. The summed E-state index contributed by atoms with van der Waals surface area (Å²) in [7, 11) is 1.71. The predicted molar refractivity (Wildman–Crippen MR) is 62.8 cm³/mol. The molecule has 0 aromatic heterocycles. The highest BCUT2D eigenvalue weighted by molar-refractivity contribution is 7.99. The summed E-state index contributed by atoms with van der Waals surface area (Å²) in [5.74, 6) is 2.45. The first-order valence-electron chi connectivity index (χ1n) is 5.20.